The van der Waals surface area contributed by atoms with Crippen molar-refractivity contribution in [2.45, 2.75) is 6.42 Å². The van der Waals surface area contributed by atoms with Gasteiger partial charge >= 0.3 is 5.97 Å². The molecular formula is C11H13N3O3. The van der Waals surface area contributed by atoms with Crippen molar-refractivity contribution < 1.29 is 14.3 Å². The number of nitrogen functional groups attached to an aromatic ring is 1. The number of hydrogen-bond donors (Lipinski definition) is 1. The van der Waals surface area contributed by atoms with Gasteiger partial charge in [-0.2, -0.15) is 0 Å². The van der Waals surface area contributed by atoms with E-state index in [0.29, 0.717) is 11.5 Å². The molecule has 1 atom stereocenters. The summed E-state index contributed by atoms with van der Waals surface area (Å²) < 4.78 is 4.63. The number of carbonyl (C=O) groups is 2. The fourth-order valence-corrected chi connectivity index (χ4v) is 1.87. The average Bonchev–Trinajstić information content (AvgIpc) is 2.71. The van der Waals surface area contributed by atoms with Crippen molar-refractivity contribution in [3.63, 3.8) is 0 Å². The van der Waals surface area contributed by atoms with Crippen molar-refractivity contribution in [3.8, 4) is 0 Å². The first-order valence-corrected chi connectivity index (χ1v) is 5.22. The number of nitrogens with two attached hydrogens (primary N) is 1. The van der Waals surface area contributed by atoms with Gasteiger partial charge in [-0.15, -0.1) is 0 Å². The van der Waals surface area contributed by atoms with Crippen LogP contribution in [0.1, 0.15) is 6.42 Å². The summed E-state index contributed by atoms with van der Waals surface area (Å²) >= 11 is 0. The summed E-state index contributed by atoms with van der Waals surface area (Å²) in [4.78, 5) is 28.6. The molecule has 1 saturated heterocycles. The van der Waals surface area contributed by atoms with Crippen LogP contribution in [0.4, 0.5) is 11.5 Å². The van der Waals surface area contributed by atoms with Gasteiger partial charge in [0.15, 0.2) is 5.82 Å². The molecule has 0 saturated carbocycles. The highest BCUT2D eigenvalue weighted by molar-refractivity contribution is 6.00. The van der Waals surface area contributed by atoms with Gasteiger partial charge in [-0.05, 0) is 12.1 Å². The van der Waals surface area contributed by atoms with Crippen LogP contribution in [0.2, 0.25) is 0 Å². The maximum atomic E-state index is 11.8. The summed E-state index contributed by atoms with van der Waals surface area (Å²) in [5.41, 5.74) is 6.17. The summed E-state index contributed by atoms with van der Waals surface area (Å²) in [6.07, 6.45) is 1.70. The highest BCUT2D eigenvalue weighted by atomic mass is 16.5. The minimum Gasteiger partial charge on any atom is -0.469 e. The van der Waals surface area contributed by atoms with Crippen molar-refractivity contribution in [3.05, 3.63) is 18.3 Å². The van der Waals surface area contributed by atoms with Gasteiger partial charge in [0.1, 0.15) is 0 Å². The third-order valence-electron chi connectivity index (χ3n) is 2.73. The molecule has 0 aromatic carbocycles. The fourth-order valence-electron chi connectivity index (χ4n) is 1.87. The maximum absolute atomic E-state index is 11.8. The minimum absolute atomic E-state index is 0.142. The van der Waals surface area contributed by atoms with Crippen LogP contribution in [0.15, 0.2) is 18.3 Å². The molecule has 90 valence electrons. The van der Waals surface area contributed by atoms with Crippen LogP contribution in [0.5, 0.6) is 0 Å². The summed E-state index contributed by atoms with van der Waals surface area (Å²) in [6, 6.07) is 3.36. The Balaban J connectivity index is 2.22. The molecule has 1 aromatic heterocycles. The topological polar surface area (TPSA) is 85.5 Å². The molecule has 17 heavy (non-hydrogen) atoms. The Labute approximate surface area is 98.4 Å². The van der Waals surface area contributed by atoms with E-state index in [9.17, 15) is 9.59 Å². The molecule has 1 amide bonds. The van der Waals surface area contributed by atoms with Crippen LogP contribution in [-0.4, -0.2) is 30.5 Å². The van der Waals surface area contributed by atoms with E-state index in [1.54, 1.807) is 18.3 Å². The van der Waals surface area contributed by atoms with E-state index in [1.165, 1.54) is 12.0 Å². The number of ether oxygens (including phenoxy) is 1. The molecule has 2 rings (SSSR count). The third kappa shape index (κ3) is 2.06. The van der Waals surface area contributed by atoms with Gasteiger partial charge in [-0.1, -0.05) is 0 Å². The second kappa shape index (κ2) is 4.40. The Kier molecular flexibility index (Phi) is 2.95. The number of esters is 1. The van der Waals surface area contributed by atoms with E-state index in [1.807, 2.05) is 0 Å². The van der Waals surface area contributed by atoms with Gasteiger partial charge in [0.2, 0.25) is 5.91 Å². The van der Waals surface area contributed by atoms with Gasteiger partial charge in [0.25, 0.3) is 0 Å². The first kappa shape index (κ1) is 11.4. The molecule has 2 heterocycles. The van der Waals surface area contributed by atoms with Crippen LogP contribution < -0.4 is 10.6 Å². The number of pyridine rings is 1. The van der Waals surface area contributed by atoms with E-state index in [2.05, 4.69) is 9.72 Å². The van der Waals surface area contributed by atoms with Crippen LogP contribution in [0.25, 0.3) is 0 Å². The van der Waals surface area contributed by atoms with Crippen LogP contribution in [-0.2, 0) is 14.3 Å². The highest BCUT2D eigenvalue weighted by Crippen LogP contribution is 2.27. The molecule has 1 aliphatic rings. The van der Waals surface area contributed by atoms with Gasteiger partial charge in [0, 0.05) is 19.2 Å². The van der Waals surface area contributed by atoms with Crippen molar-refractivity contribution in [2.75, 3.05) is 24.3 Å². The minimum atomic E-state index is -0.436. The zero-order chi connectivity index (χ0) is 12.4. The number of anilines is 2. The molecule has 1 unspecified atom stereocenters. The van der Waals surface area contributed by atoms with E-state index in [-0.39, 0.29) is 24.8 Å². The van der Waals surface area contributed by atoms with Crippen LogP contribution in [0.3, 0.4) is 0 Å². The summed E-state index contributed by atoms with van der Waals surface area (Å²) in [6.45, 7) is 0.271. The lowest BCUT2D eigenvalue weighted by molar-refractivity contribution is -0.145. The molecule has 2 N–H and O–H groups in total. The van der Waals surface area contributed by atoms with Crippen LogP contribution in [0, 0.1) is 5.92 Å². The number of aromatic nitrogens is 1. The molecule has 0 aliphatic carbocycles. The lowest BCUT2D eigenvalue weighted by atomic mass is 10.1. The van der Waals surface area contributed by atoms with Crippen molar-refractivity contribution in [1.82, 2.24) is 4.98 Å². The summed E-state index contributed by atoms with van der Waals surface area (Å²) in [7, 11) is 1.31. The zero-order valence-electron chi connectivity index (χ0n) is 9.42. The SMILES string of the molecule is COC(=O)C1CC(=O)N(c2ncccc2N)C1. The van der Waals surface area contributed by atoms with Crippen molar-refractivity contribution in [1.29, 1.82) is 0 Å². The molecule has 6 heteroatoms. The summed E-state index contributed by atoms with van der Waals surface area (Å²) in [5, 5.41) is 0. The van der Waals surface area contributed by atoms with E-state index in [0.717, 1.165) is 0 Å². The molecule has 0 bridgehead atoms. The second-order valence-electron chi connectivity index (χ2n) is 3.84. The Hall–Kier alpha value is -2.11. The number of rotatable bonds is 2. The maximum Gasteiger partial charge on any atom is 0.311 e. The molecule has 0 spiro atoms. The zero-order valence-corrected chi connectivity index (χ0v) is 9.42. The Morgan fingerprint density at radius 1 is 1.65 bits per heavy atom. The highest BCUT2D eigenvalue weighted by Gasteiger charge is 2.36. The number of methoxy groups -OCH3 is 1. The summed E-state index contributed by atoms with van der Waals surface area (Å²) in [5.74, 6) is -0.570. The monoisotopic (exact) mass is 235 g/mol. The molecular weight excluding hydrogens is 222 g/mol. The van der Waals surface area contributed by atoms with E-state index >= 15 is 0 Å². The number of nitrogens with zero attached hydrogens (tertiary/aromatic N) is 2. The standard InChI is InChI=1S/C11H13N3O3/c1-17-11(16)7-5-9(15)14(6-7)10-8(12)3-2-4-13-10/h2-4,7H,5-6,12H2,1H3. The van der Waals surface area contributed by atoms with E-state index in [4.69, 9.17) is 5.73 Å². The molecule has 1 aromatic rings. The molecule has 6 nitrogen and oxygen atoms in total. The molecule has 0 radical (unpaired) electrons. The Bertz CT molecular complexity index is 461. The molecule has 1 aliphatic heterocycles. The second-order valence-corrected chi connectivity index (χ2v) is 3.84. The lowest BCUT2D eigenvalue weighted by Gasteiger charge is -2.16. The largest absolute Gasteiger partial charge is 0.469 e. The van der Waals surface area contributed by atoms with E-state index < -0.39 is 5.92 Å². The quantitative estimate of drug-likeness (QED) is 0.739. The Morgan fingerprint density at radius 2 is 2.41 bits per heavy atom. The number of hydrogen-bond acceptors (Lipinski definition) is 5. The van der Waals surface area contributed by atoms with Crippen LogP contribution >= 0.6 is 0 Å². The normalized spacial score (nSPS) is 19.5. The number of carbonyl (C=O) groups excluding carboxylic acids is 2. The van der Waals surface area contributed by atoms with Gasteiger partial charge < -0.3 is 10.5 Å². The first-order chi connectivity index (χ1) is 8.13. The lowest BCUT2D eigenvalue weighted by Crippen LogP contribution is -2.27. The first-order valence-electron chi connectivity index (χ1n) is 5.22. The number of amides is 1. The predicted octanol–water partition coefficient (Wildman–Crippen LogP) is 0.190. The molecule has 1 fully saturated rings. The van der Waals surface area contributed by atoms with Crippen molar-refractivity contribution >= 4 is 23.4 Å². The average molecular weight is 235 g/mol. The third-order valence-corrected chi connectivity index (χ3v) is 2.73. The van der Waals surface area contributed by atoms with Crippen molar-refractivity contribution in [2.24, 2.45) is 5.92 Å². The van der Waals surface area contributed by atoms with Gasteiger partial charge in [-0.25, -0.2) is 4.98 Å². The smallest absolute Gasteiger partial charge is 0.311 e. The predicted molar refractivity (Wildman–Crippen MR) is 61.1 cm³/mol. The fraction of sp³-hybridized carbons (Fsp3) is 0.364. The van der Waals surface area contributed by atoms with Gasteiger partial charge in [0.05, 0.1) is 18.7 Å². The van der Waals surface area contributed by atoms with Gasteiger partial charge in [-0.3, -0.25) is 14.5 Å². The Morgan fingerprint density at radius 3 is 3.06 bits per heavy atom.